The second kappa shape index (κ2) is 10.5. The lowest BCUT2D eigenvalue weighted by Gasteiger charge is -2.37. The molecule has 0 spiro atoms. The van der Waals surface area contributed by atoms with Crippen LogP contribution in [0.15, 0.2) is 41.5 Å². The van der Waals surface area contributed by atoms with Crippen molar-refractivity contribution in [3.63, 3.8) is 0 Å². The van der Waals surface area contributed by atoms with E-state index in [0.29, 0.717) is 37.0 Å². The topological polar surface area (TPSA) is 99.9 Å². The minimum Gasteiger partial charge on any atom is -0.348 e. The Morgan fingerprint density at radius 2 is 1.91 bits per heavy atom. The molecular formula is C22H27FN8O. The van der Waals surface area contributed by atoms with E-state index in [0.717, 1.165) is 24.3 Å². The number of aryl methyl sites for hydroxylation is 1. The molecule has 3 rings (SSSR count). The average molecular weight is 439 g/mol. The number of amides is 2. The fourth-order valence-electron chi connectivity index (χ4n) is 3.51. The highest BCUT2D eigenvalue weighted by Gasteiger charge is 2.21. The highest BCUT2D eigenvalue weighted by molar-refractivity contribution is 5.99. The Labute approximate surface area is 187 Å². The quantitative estimate of drug-likeness (QED) is 0.433. The summed E-state index contributed by atoms with van der Waals surface area (Å²) in [7, 11) is 3.71. The number of nitriles is 1. The Bertz CT molecular complexity index is 1010. The summed E-state index contributed by atoms with van der Waals surface area (Å²) in [5.41, 5.74) is 2.55. The van der Waals surface area contributed by atoms with Crippen molar-refractivity contribution in [1.29, 1.82) is 5.26 Å². The summed E-state index contributed by atoms with van der Waals surface area (Å²) in [6, 6.07) is 7.61. The number of nitrogens with zero attached hydrogens (tertiary/aromatic N) is 6. The van der Waals surface area contributed by atoms with Gasteiger partial charge in [0.1, 0.15) is 5.82 Å². The fraction of sp³-hybridized carbons (Fsp3) is 0.364. The number of anilines is 2. The van der Waals surface area contributed by atoms with Gasteiger partial charge < -0.3 is 20.4 Å². The summed E-state index contributed by atoms with van der Waals surface area (Å²) in [6.07, 6.45) is 3.41. The first kappa shape index (κ1) is 23.0. The monoisotopic (exact) mass is 438 g/mol. The van der Waals surface area contributed by atoms with Crippen molar-refractivity contribution in [2.24, 2.45) is 4.99 Å². The number of nitrogens with one attached hydrogen (secondary N) is 2. The van der Waals surface area contributed by atoms with Crippen LogP contribution in [0.4, 0.5) is 20.6 Å². The Kier molecular flexibility index (Phi) is 7.57. The zero-order chi connectivity index (χ0) is 23.1. The van der Waals surface area contributed by atoms with Crippen LogP contribution in [0.25, 0.3) is 0 Å². The second-order valence-corrected chi connectivity index (χ2v) is 7.78. The van der Waals surface area contributed by atoms with Gasteiger partial charge in [-0.3, -0.25) is 9.88 Å². The molecule has 1 aliphatic rings. The van der Waals surface area contributed by atoms with E-state index >= 15 is 0 Å². The summed E-state index contributed by atoms with van der Waals surface area (Å²) in [6.45, 7) is 5.34. The van der Waals surface area contributed by atoms with E-state index in [-0.39, 0.29) is 0 Å². The lowest BCUT2D eigenvalue weighted by atomic mass is 10.1. The fourth-order valence-corrected chi connectivity index (χ4v) is 3.51. The smallest absolute Gasteiger partial charge is 0.323 e. The van der Waals surface area contributed by atoms with Crippen LogP contribution in [0.5, 0.6) is 0 Å². The summed E-state index contributed by atoms with van der Waals surface area (Å²) >= 11 is 0. The van der Waals surface area contributed by atoms with Crippen LogP contribution < -0.4 is 10.6 Å². The zero-order valence-corrected chi connectivity index (χ0v) is 18.5. The third kappa shape index (κ3) is 6.39. The lowest BCUT2D eigenvalue weighted by Crippen LogP contribution is -2.51. The van der Waals surface area contributed by atoms with Crippen LogP contribution in [-0.4, -0.2) is 71.9 Å². The van der Waals surface area contributed by atoms with Crippen LogP contribution in [0.2, 0.25) is 0 Å². The van der Waals surface area contributed by atoms with Crippen LogP contribution in [0, 0.1) is 24.2 Å². The predicted octanol–water partition coefficient (Wildman–Crippen LogP) is 2.69. The molecular weight excluding hydrogens is 411 g/mol. The number of pyridine rings is 1. The largest absolute Gasteiger partial charge is 0.348 e. The van der Waals surface area contributed by atoms with Crippen molar-refractivity contribution >= 4 is 23.4 Å². The summed E-state index contributed by atoms with van der Waals surface area (Å²) in [5, 5.41) is 14.3. The number of carbonyl (C=O) groups excluding carboxylic acids is 1. The zero-order valence-electron chi connectivity index (χ0n) is 18.5. The molecule has 1 fully saturated rings. The molecule has 2 amide bonds. The molecule has 9 nitrogen and oxygen atoms in total. The van der Waals surface area contributed by atoms with Crippen molar-refractivity contribution in [3.8, 4) is 6.19 Å². The molecule has 2 heterocycles. The van der Waals surface area contributed by atoms with Gasteiger partial charge in [-0.2, -0.15) is 5.26 Å². The van der Waals surface area contributed by atoms with Crippen molar-refractivity contribution in [3.05, 3.63) is 53.6 Å². The molecule has 1 aliphatic heterocycles. The standard InChI is InChI=1S/C22H27FN8O/c1-16-4-5-19(13-25-16)27-21(32)28-20-11-17(10-18(23)12-20)14-30-6-8-31(9-7-30)22(26-15-24)29(2)3/h4-5,10-13H,6-9,14H2,1-3H3,(H2,27,28,32). The van der Waals surface area contributed by atoms with Gasteiger partial charge in [-0.15, -0.1) is 4.99 Å². The normalized spacial score (nSPS) is 14.6. The minimum atomic E-state index is -0.464. The first-order chi connectivity index (χ1) is 15.3. The van der Waals surface area contributed by atoms with Crippen molar-refractivity contribution in [2.45, 2.75) is 13.5 Å². The minimum absolute atomic E-state index is 0.382. The molecule has 0 aliphatic carbocycles. The number of hydrogen-bond acceptors (Lipinski definition) is 5. The van der Waals surface area contributed by atoms with Gasteiger partial charge in [0.25, 0.3) is 0 Å². The van der Waals surface area contributed by atoms with E-state index < -0.39 is 11.8 Å². The number of urea groups is 1. The third-order valence-corrected chi connectivity index (χ3v) is 5.00. The SMILES string of the molecule is Cc1ccc(NC(=O)Nc2cc(F)cc(CN3CCN(C(=NC#N)N(C)C)CC3)c2)cn1. The molecule has 0 radical (unpaired) electrons. The number of aromatic nitrogens is 1. The van der Waals surface area contributed by atoms with Crippen LogP contribution in [0.1, 0.15) is 11.3 Å². The van der Waals surface area contributed by atoms with Gasteiger partial charge in [-0.05, 0) is 42.8 Å². The van der Waals surface area contributed by atoms with Crippen molar-refractivity contribution < 1.29 is 9.18 Å². The number of hydrogen-bond donors (Lipinski definition) is 2. The molecule has 1 aromatic heterocycles. The van der Waals surface area contributed by atoms with E-state index in [1.807, 2.05) is 32.1 Å². The summed E-state index contributed by atoms with van der Waals surface area (Å²) in [5.74, 6) is 0.226. The molecule has 0 saturated carbocycles. The molecule has 1 saturated heterocycles. The molecule has 1 aromatic carbocycles. The Hall–Kier alpha value is -3.71. The third-order valence-electron chi connectivity index (χ3n) is 5.00. The van der Waals surface area contributed by atoms with Gasteiger partial charge in [0.2, 0.25) is 12.2 Å². The first-order valence-corrected chi connectivity index (χ1v) is 10.3. The molecule has 0 bridgehead atoms. The Morgan fingerprint density at radius 1 is 1.19 bits per heavy atom. The average Bonchev–Trinajstić information content (AvgIpc) is 2.74. The van der Waals surface area contributed by atoms with Crippen LogP contribution in [-0.2, 0) is 6.54 Å². The maximum Gasteiger partial charge on any atom is 0.323 e. The highest BCUT2D eigenvalue weighted by Crippen LogP contribution is 2.18. The summed E-state index contributed by atoms with van der Waals surface area (Å²) < 4.78 is 14.2. The van der Waals surface area contributed by atoms with Gasteiger partial charge in [0, 0.05) is 58.2 Å². The maximum atomic E-state index is 14.2. The number of piperazine rings is 1. The van der Waals surface area contributed by atoms with Crippen molar-refractivity contribution in [1.82, 2.24) is 19.7 Å². The van der Waals surface area contributed by atoms with Crippen LogP contribution in [0.3, 0.4) is 0 Å². The predicted molar refractivity (Wildman–Crippen MR) is 122 cm³/mol. The van der Waals surface area contributed by atoms with E-state index in [1.165, 1.54) is 12.1 Å². The number of carbonyl (C=O) groups is 1. The Morgan fingerprint density at radius 3 is 2.53 bits per heavy atom. The van der Waals surface area contributed by atoms with Gasteiger partial charge in [-0.25, -0.2) is 9.18 Å². The van der Waals surface area contributed by atoms with Crippen molar-refractivity contribution in [2.75, 3.05) is 50.9 Å². The van der Waals surface area contributed by atoms with E-state index in [4.69, 9.17) is 5.26 Å². The highest BCUT2D eigenvalue weighted by atomic mass is 19.1. The molecule has 0 unspecified atom stereocenters. The van der Waals surface area contributed by atoms with E-state index in [1.54, 1.807) is 24.4 Å². The first-order valence-electron chi connectivity index (χ1n) is 10.3. The van der Waals surface area contributed by atoms with E-state index in [2.05, 4.69) is 30.4 Å². The second-order valence-electron chi connectivity index (χ2n) is 7.78. The molecule has 2 aromatic rings. The van der Waals surface area contributed by atoms with E-state index in [9.17, 15) is 9.18 Å². The number of halogens is 1. The number of benzene rings is 1. The van der Waals surface area contributed by atoms with Gasteiger partial charge in [-0.1, -0.05) is 0 Å². The Balaban J connectivity index is 1.58. The molecule has 32 heavy (non-hydrogen) atoms. The number of aliphatic imine (C=N–C) groups is 1. The lowest BCUT2D eigenvalue weighted by molar-refractivity contribution is 0.167. The molecule has 10 heteroatoms. The van der Waals surface area contributed by atoms with Gasteiger partial charge in [0.15, 0.2) is 0 Å². The number of rotatable bonds is 4. The molecule has 0 atom stereocenters. The summed E-state index contributed by atoms with van der Waals surface area (Å²) in [4.78, 5) is 26.4. The maximum absolute atomic E-state index is 14.2. The molecule has 168 valence electrons. The number of guanidine groups is 1. The van der Waals surface area contributed by atoms with Gasteiger partial charge in [0.05, 0.1) is 11.9 Å². The van der Waals surface area contributed by atoms with Gasteiger partial charge >= 0.3 is 6.03 Å². The van der Waals surface area contributed by atoms with Crippen LogP contribution >= 0.6 is 0 Å². The molecule has 2 N–H and O–H groups in total.